The average Bonchev–Trinajstić information content (AvgIpc) is 2.53. The highest BCUT2D eigenvalue weighted by atomic mass is 35.5. The molecule has 0 fully saturated rings. The molecule has 21 heavy (non-hydrogen) atoms. The Morgan fingerprint density at radius 2 is 2.00 bits per heavy atom. The minimum Gasteiger partial charge on any atom is -0.487 e. The molecule has 0 unspecified atom stereocenters. The van der Waals surface area contributed by atoms with Crippen LogP contribution < -0.4 is 4.74 Å². The first-order valence-corrected chi connectivity index (χ1v) is 6.86. The molecule has 3 aromatic rings. The third kappa shape index (κ3) is 2.88. The van der Waals surface area contributed by atoms with Crippen molar-refractivity contribution in [3.8, 4) is 5.75 Å². The van der Waals surface area contributed by atoms with Gasteiger partial charge in [0.25, 0.3) is 0 Å². The molecule has 3 rings (SSSR count). The number of benzene rings is 2. The molecule has 0 saturated heterocycles. The Labute approximate surface area is 127 Å². The summed E-state index contributed by atoms with van der Waals surface area (Å²) in [4.78, 5) is 15.0. The largest absolute Gasteiger partial charge is 0.487 e. The van der Waals surface area contributed by atoms with Crippen LogP contribution in [0.5, 0.6) is 5.75 Å². The summed E-state index contributed by atoms with van der Waals surface area (Å²) < 4.78 is 5.75. The second-order valence-electron chi connectivity index (χ2n) is 4.58. The van der Waals surface area contributed by atoms with Crippen LogP contribution >= 0.6 is 11.6 Å². The van der Waals surface area contributed by atoms with Gasteiger partial charge in [0.15, 0.2) is 0 Å². The molecule has 1 aromatic heterocycles. The van der Waals surface area contributed by atoms with Crippen LogP contribution in [0.1, 0.15) is 15.9 Å². The van der Waals surface area contributed by atoms with Gasteiger partial charge < -0.3 is 4.74 Å². The molecule has 4 heteroatoms. The van der Waals surface area contributed by atoms with Crippen molar-refractivity contribution in [2.24, 2.45) is 0 Å². The summed E-state index contributed by atoms with van der Waals surface area (Å²) >= 11 is 6.10. The van der Waals surface area contributed by atoms with E-state index in [1.165, 1.54) is 0 Å². The number of hydrogen-bond acceptors (Lipinski definition) is 3. The zero-order valence-corrected chi connectivity index (χ0v) is 11.9. The zero-order valence-electron chi connectivity index (χ0n) is 11.1. The summed E-state index contributed by atoms with van der Waals surface area (Å²) in [6.07, 6.45) is 2.52. The van der Waals surface area contributed by atoms with Crippen LogP contribution in [0.15, 0.2) is 54.7 Å². The van der Waals surface area contributed by atoms with Crippen molar-refractivity contribution in [1.29, 1.82) is 0 Å². The molecule has 0 aliphatic carbocycles. The number of halogens is 1. The molecule has 0 aliphatic rings. The lowest BCUT2D eigenvalue weighted by Gasteiger charge is -2.10. The fraction of sp³-hybridized carbons (Fsp3) is 0.0588. The normalized spacial score (nSPS) is 10.5. The first kappa shape index (κ1) is 13.6. The van der Waals surface area contributed by atoms with Crippen molar-refractivity contribution in [1.82, 2.24) is 4.98 Å². The first-order valence-electron chi connectivity index (χ1n) is 6.48. The van der Waals surface area contributed by atoms with Gasteiger partial charge in [0, 0.05) is 22.7 Å². The zero-order chi connectivity index (χ0) is 14.7. The first-order chi connectivity index (χ1) is 10.3. The molecule has 1 heterocycles. The van der Waals surface area contributed by atoms with Crippen molar-refractivity contribution in [2.75, 3.05) is 0 Å². The number of pyridine rings is 1. The van der Waals surface area contributed by atoms with E-state index >= 15 is 0 Å². The second kappa shape index (κ2) is 5.94. The summed E-state index contributed by atoms with van der Waals surface area (Å²) in [5.41, 5.74) is 2.50. The standard InChI is InChI=1S/C17H12ClNO2/c18-15-9-12(10-20)5-6-17(15)21-11-13-7-8-19-16-4-2-1-3-14(13)16/h1-10H,11H2. The molecule has 104 valence electrons. The molecule has 0 bridgehead atoms. The van der Waals surface area contributed by atoms with Gasteiger partial charge in [-0.15, -0.1) is 0 Å². The van der Waals surface area contributed by atoms with Crippen molar-refractivity contribution >= 4 is 28.8 Å². The van der Waals surface area contributed by atoms with Gasteiger partial charge in [0.2, 0.25) is 0 Å². The highest BCUT2D eigenvalue weighted by Gasteiger charge is 2.06. The number of ether oxygens (including phenoxy) is 1. The third-order valence-corrected chi connectivity index (χ3v) is 3.51. The molecule has 0 N–H and O–H groups in total. The third-order valence-electron chi connectivity index (χ3n) is 3.21. The Bertz CT molecular complexity index is 796. The molecule has 0 spiro atoms. The fourth-order valence-electron chi connectivity index (χ4n) is 2.14. The van der Waals surface area contributed by atoms with E-state index in [0.29, 0.717) is 22.9 Å². The van der Waals surface area contributed by atoms with Crippen molar-refractivity contribution < 1.29 is 9.53 Å². The van der Waals surface area contributed by atoms with Crippen LogP contribution in [0.4, 0.5) is 0 Å². The van der Waals surface area contributed by atoms with Gasteiger partial charge in [-0.2, -0.15) is 0 Å². The quantitative estimate of drug-likeness (QED) is 0.675. The number of fused-ring (bicyclic) bond motifs is 1. The summed E-state index contributed by atoms with van der Waals surface area (Å²) in [6, 6.07) is 14.8. The Hall–Kier alpha value is -2.39. The van der Waals surface area contributed by atoms with E-state index < -0.39 is 0 Å². The molecule has 2 aromatic carbocycles. The van der Waals surface area contributed by atoms with Gasteiger partial charge in [0.05, 0.1) is 10.5 Å². The van der Waals surface area contributed by atoms with E-state index in [4.69, 9.17) is 16.3 Å². The van der Waals surface area contributed by atoms with Crippen LogP contribution in [0.25, 0.3) is 10.9 Å². The van der Waals surface area contributed by atoms with Crippen LogP contribution in [-0.4, -0.2) is 11.3 Å². The Morgan fingerprint density at radius 1 is 1.14 bits per heavy atom. The number of aromatic nitrogens is 1. The second-order valence-corrected chi connectivity index (χ2v) is 4.99. The van der Waals surface area contributed by atoms with E-state index in [1.807, 2.05) is 30.3 Å². The minimum absolute atomic E-state index is 0.392. The number of para-hydroxylation sites is 1. The number of rotatable bonds is 4. The molecular formula is C17H12ClNO2. The van der Waals surface area contributed by atoms with Crippen LogP contribution in [-0.2, 0) is 6.61 Å². The van der Waals surface area contributed by atoms with Crippen molar-refractivity contribution in [3.05, 3.63) is 70.9 Å². The SMILES string of the molecule is O=Cc1ccc(OCc2ccnc3ccccc23)c(Cl)c1. The highest BCUT2D eigenvalue weighted by molar-refractivity contribution is 6.32. The predicted octanol–water partition coefficient (Wildman–Crippen LogP) is 4.28. The molecular weight excluding hydrogens is 286 g/mol. The number of carbonyl (C=O) groups excluding carboxylic acids is 1. The fourth-order valence-corrected chi connectivity index (χ4v) is 2.39. The van der Waals surface area contributed by atoms with Crippen molar-refractivity contribution in [3.63, 3.8) is 0 Å². The molecule has 3 nitrogen and oxygen atoms in total. The maximum Gasteiger partial charge on any atom is 0.150 e. The molecule has 0 saturated carbocycles. The van der Waals surface area contributed by atoms with Gasteiger partial charge in [-0.3, -0.25) is 9.78 Å². The monoisotopic (exact) mass is 297 g/mol. The van der Waals surface area contributed by atoms with Crippen LogP contribution in [0, 0.1) is 0 Å². The van der Waals surface area contributed by atoms with E-state index in [-0.39, 0.29) is 0 Å². The lowest BCUT2D eigenvalue weighted by Crippen LogP contribution is -1.98. The molecule has 0 amide bonds. The molecule has 0 radical (unpaired) electrons. The lowest BCUT2D eigenvalue weighted by atomic mass is 10.1. The van der Waals surface area contributed by atoms with Gasteiger partial charge in [0.1, 0.15) is 18.6 Å². The molecule has 0 aliphatic heterocycles. The van der Waals surface area contributed by atoms with Crippen LogP contribution in [0.3, 0.4) is 0 Å². The van der Waals surface area contributed by atoms with E-state index in [0.717, 1.165) is 22.8 Å². The summed E-state index contributed by atoms with van der Waals surface area (Å²) in [5, 5.41) is 1.48. The smallest absolute Gasteiger partial charge is 0.150 e. The maximum atomic E-state index is 10.7. The topological polar surface area (TPSA) is 39.2 Å². The van der Waals surface area contributed by atoms with Crippen molar-refractivity contribution in [2.45, 2.75) is 6.61 Å². The average molecular weight is 298 g/mol. The van der Waals surface area contributed by atoms with E-state index in [2.05, 4.69) is 4.98 Å². The minimum atomic E-state index is 0.392. The van der Waals surface area contributed by atoms with Gasteiger partial charge >= 0.3 is 0 Å². The maximum absolute atomic E-state index is 10.7. The summed E-state index contributed by atoms with van der Waals surface area (Å²) in [7, 11) is 0. The van der Waals surface area contributed by atoms with Gasteiger partial charge in [-0.05, 0) is 30.3 Å². The van der Waals surface area contributed by atoms with Crippen LogP contribution in [0.2, 0.25) is 5.02 Å². The number of carbonyl (C=O) groups is 1. The Kier molecular flexibility index (Phi) is 3.84. The van der Waals surface area contributed by atoms with E-state index in [1.54, 1.807) is 24.4 Å². The number of hydrogen-bond donors (Lipinski definition) is 0. The predicted molar refractivity (Wildman–Crippen MR) is 82.9 cm³/mol. The molecule has 0 atom stereocenters. The van der Waals surface area contributed by atoms with Gasteiger partial charge in [-0.25, -0.2) is 0 Å². The lowest BCUT2D eigenvalue weighted by molar-refractivity contribution is 0.112. The summed E-state index contributed by atoms with van der Waals surface area (Å²) in [6.45, 7) is 0.392. The Balaban J connectivity index is 1.85. The number of aldehydes is 1. The summed E-state index contributed by atoms with van der Waals surface area (Å²) in [5.74, 6) is 0.558. The van der Waals surface area contributed by atoms with Gasteiger partial charge in [-0.1, -0.05) is 29.8 Å². The number of nitrogens with zero attached hydrogens (tertiary/aromatic N) is 1. The highest BCUT2D eigenvalue weighted by Crippen LogP contribution is 2.26. The Morgan fingerprint density at radius 3 is 2.81 bits per heavy atom. The van der Waals surface area contributed by atoms with E-state index in [9.17, 15) is 4.79 Å².